The fourth-order valence-corrected chi connectivity index (χ4v) is 2.99. The smallest absolute Gasteiger partial charge is 0.253 e. The van der Waals surface area contributed by atoms with Crippen molar-refractivity contribution in [2.75, 3.05) is 27.2 Å². The van der Waals surface area contributed by atoms with Crippen LogP contribution < -0.4 is 0 Å². The van der Waals surface area contributed by atoms with Crippen molar-refractivity contribution in [1.82, 2.24) is 9.80 Å². The molecule has 21 heavy (non-hydrogen) atoms. The predicted molar refractivity (Wildman–Crippen MR) is 86.4 cm³/mol. The molecule has 0 N–H and O–H groups in total. The van der Waals surface area contributed by atoms with Crippen LogP contribution in [0, 0.1) is 5.92 Å². The minimum Gasteiger partial charge on any atom is -0.349 e. The third-order valence-electron chi connectivity index (χ3n) is 3.93. The van der Waals surface area contributed by atoms with E-state index < -0.39 is 0 Å². The van der Waals surface area contributed by atoms with Crippen LogP contribution in [0.5, 0.6) is 0 Å². The molecule has 2 amide bonds. The van der Waals surface area contributed by atoms with Crippen LogP contribution in [0.2, 0.25) is 0 Å². The van der Waals surface area contributed by atoms with Crippen LogP contribution in [0.3, 0.4) is 0 Å². The predicted octanol–water partition coefficient (Wildman–Crippen LogP) is 2.52. The number of carbonyl (C=O) groups is 2. The maximum absolute atomic E-state index is 12.4. The van der Waals surface area contributed by atoms with E-state index in [0.717, 1.165) is 29.3 Å². The summed E-state index contributed by atoms with van der Waals surface area (Å²) in [6.45, 7) is 1.31. The number of amides is 2. The molecule has 1 aliphatic heterocycles. The van der Waals surface area contributed by atoms with Crippen LogP contribution in [0.4, 0.5) is 0 Å². The highest BCUT2D eigenvalue weighted by Gasteiger charge is 2.28. The molecule has 4 nitrogen and oxygen atoms in total. The van der Waals surface area contributed by atoms with Crippen molar-refractivity contribution >= 4 is 27.7 Å². The first-order chi connectivity index (χ1) is 10.0. The lowest BCUT2D eigenvalue weighted by atomic mass is 9.95. The van der Waals surface area contributed by atoms with E-state index in [-0.39, 0.29) is 17.7 Å². The Hall–Kier alpha value is -1.36. The SMILES string of the molecule is CN(C)C(=O)C1CCN(C(=O)c2ccc(CBr)cc2)CC1. The monoisotopic (exact) mass is 352 g/mol. The minimum absolute atomic E-state index is 0.0554. The van der Waals surface area contributed by atoms with E-state index in [2.05, 4.69) is 15.9 Å². The van der Waals surface area contributed by atoms with Gasteiger partial charge in [0.05, 0.1) is 0 Å². The van der Waals surface area contributed by atoms with Crippen molar-refractivity contribution in [2.45, 2.75) is 18.2 Å². The Balaban J connectivity index is 1.95. The first-order valence-corrected chi connectivity index (χ1v) is 8.30. The fourth-order valence-electron chi connectivity index (χ4n) is 2.61. The zero-order valence-corrected chi connectivity index (χ0v) is 14.1. The van der Waals surface area contributed by atoms with Gasteiger partial charge in [0.1, 0.15) is 0 Å². The lowest BCUT2D eigenvalue weighted by Crippen LogP contribution is -2.42. The molecule has 1 saturated heterocycles. The van der Waals surface area contributed by atoms with Crippen LogP contribution >= 0.6 is 15.9 Å². The topological polar surface area (TPSA) is 40.6 Å². The highest BCUT2D eigenvalue weighted by molar-refractivity contribution is 9.08. The Morgan fingerprint density at radius 2 is 1.76 bits per heavy atom. The number of likely N-dealkylation sites (tertiary alicyclic amines) is 1. The summed E-state index contributed by atoms with van der Waals surface area (Å²) in [5.41, 5.74) is 1.87. The Bertz CT molecular complexity index is 506. The second-order valence-corrected chi connectivity index (χ2v) is 6.19. The molecule has 0 unspecified atom stereocenters. The number of hydrogen-bond acceptors (Lipinski definition) is 2. The van der Waals surface area contributed by atoms with Crippen molar-refractivity contribution < 1.29 is 9.59 Å². The maximum Gasteiger partial charge on any atom is 0.253 e. The molecule has 1 aromatic carbocycles. The second-order valence-electron chi connectivity index (χ2n) is 5.63. The Kier molecular flexibility index (Phi) is 5.39. The van der Waals surface area contributed by atoms with Gasteiger partial charge in [0.15, 0.2) is 0 Å². The molecule has 0 radical (unpaired) electrons. The number of carbonyl (C=O) groups excluding carboxylic acids is 2. The van der Waals surface area contributed by atoms with Crippen LogP contribution in [0.15, 0.2) is 24.3 Å². The molecular weight excluding hydrogens is 332 g/mol. The average Bonchev–Trinajstić information content (AvgIpc) is 2.53. The minimum atomic E-state index is 0.0554. The third-order valence-corrected chi connectivity index (χ3v) is 4.57. The number of nitrogens with zero attached hydrogens (tertiary/aromatic N) is 2. The number of benzene rings is 1. The normalized spacial score (nSPS) is 15.9. The van der Waals surface area contributed by atoms with Gasteiger partial charge in [-0.05, 0) is 30.5 Å². The maximum atomic E-state index is 12.4. The number of alkyl halides is 1. The number of piperidine rings is 1. The summed E-state index contributed by atoms with van der Waals surface area (Å²) in [5.74, 6) is 0.287. The molecule has 1 aromatic rings. The first kappa shape index (κ1) is 16.0. The molecule has 0 bridgehead atoms. The van der Waals surface area contributed by atoms with Crippen molar-refractivity contribution in [1.29, 1.82) is 0 Å². The molecule has 0 atom stereocenters. The van der Waals surface area contributed by atoms with Crippen LogP contribution in [0.25, 0.3) is 0 Å². The van der Waals surface area contributed by atoms with E-state index >= 15 is 0 Å². The van der Waals surface area contributed by atoms with Crippen LogP contribution in [0.1, 0.15) is 28.8 Å². The van der Waals surface area contributed by atoms with E-state index in [4.69, 9.17) is 0 Å². The highest BCUT2D eigenvalue weighted by atomic mass is 79.9. The summed E-state index contributed by atoms with van der Waals surface area (Å²) in [6, 6.07) is 7.67. The average molecular weight is 353 g/mol. The summed E-state index contributed by atoms with van der Waals surface area (Å²) in [4.78, 5) is 27.9. The number of halogens is 1. The van der Waals surface area contributed by atoms with Crippen molar-refractivity contribution in [3.8, 4) is 0 Å². The second kappa shape index (κ2) is 7.07. The van der Waals surface area contributed by atoms with Gasteiger partial charge in [0.25, 0.3) is 5.91 Å². The quantitative estimate of drug-likeness (QED) is 0.784. The van der Waals surface area contributed by atoms with Gasteiger partial charge in [-0.1, -0.05) is 28.1 Å². The molecular formula is C16H21BrN2O2. The lowest BCUT2D eigenvalue weighted by Gasteiger charge is -2.32. The summed E-state index contributed by atoms with van der Waals surface area (Å²) in [6.07, 6.45) is 1.50. The van der Waals surface area contributed by atoms with E-state index in [1.807, 2.05) is 29.2 Å². The molecule has 1 heterocycles. The van der Waals surface area contributed by atoms with Crippen molar-refractivity contribution in [3.63, 3.8) is 0 Å². The number of hydrogen-bond donors (Lipinski definition) is 0. The van der Waals surface area contributed by atoms with Crippen LogP contribution in [-0.2, 0) is 10.1 Å². The van der Waals surface area contributed by atoms with Gasteiger partial charge < -0.3 is 9.80 Å². The van der Waals surface area contributed by atoms with E-state index in [0.29, 0.717) is 13.1 Å². The molecule has 0 aliphatic carbocycles. The molecule has 114 valence electrons. The first-order valence-electron chi connectivity index (χ1n) is 7.18. The van der Waals surface area contributed by atoms with Gasteiger partial charge in [-0.3, -0.25) is 9.59 Å². The standard InChI is InChI=1S/C16H21BrN2O2/c1-18(2)15(20)14-7-9-19(10-8-14)16(21)13-5-3-12(11-17)4-6-13/h3-6,14H,7-11H2,1-2H3. The summed E-state index contributed by atoms with van der Waals surface area (Å²) in [7, 11) is 3.57. The van der Waals surface area contributed by atoms with Crippen molar-refractivity contribution in [3.05, 3.63) is 35.4 Å². The molecule has 1 fully saturated rings. The zero-order valence-electron chi connectivity index (χ0n) is 12.5. The molecule has 0 aromatic heterocycles. The summed E-state index contributed by atoms with van der Waals surface area (Å²) < 4.78 is 0. The van der Waals surface area contributed by atoms with Crippen LogP contribution in [-0.4, -0.2) is 48.8 Å². The van der Waals surface area contributed by atoms with Gasteiger partial charge in [-0.15, -0.1) is 0 Å². The summed E-state index contributed by atoms with van der Waals surface area (Å²) >= 11 is 3.40. The fraction of sp³-hybridized carbons (Fsp3) is 0.500. The number of rotatable bonds is 3. The zero-order chi connectivity index (χ0) is 15.4. The largest absolute Gasteiger partial charge is 0.349 e. The van der Waals surface area contributed by atoms with E-state index in [1.165, 1.54) is 0 Å². The molecule has 0 saturated carbocycles. The van der Waals surface area contributed by atoms with Gasteiger partial charge in [0.2, 0.25) is 5.91 Å². The summed E-state index contributed by atoms with van der Waals surface area (Å²) in [5, 5.41) is 0.791. The Morgan fingerprint density at radius 3 is 2.24 bits per heavy atom. The van der Waals surface area contributed by atoms with E-state index in [9.17, 15) is 9.59 Å². The molecule has 5 heteroatoms. The Morgan fingerprint density at radius 1 is 1.19 bits per heavy atom. The lowest BCUT2D eigenvalue weighted by molar-refractivity contribution is -0.134. The van der Waals surface area contributed by atoms with Gasteiger partial charge in [-0.2, -0.15) is 0 Å². The van der Waals surface area contributed by atoms with E-state index in [1.54, 1.807) is 19.0 Å². The molecule has 0 spiro atoms. The Labute approximate surface area is 134 Å². The highest BCUT2D eigenvalue weighted by Crippen LogP contribution is 2.21. The van der Waals surface area contributed by atoms with Gasteiger partial charge in [-0.25, -0.2) is 0 Å². The third kappa shape index (κ3) is 3.84. The van der Waals surface area contributed by atoms with Gasteiger partial charge in [0, 0.05) is 44.0 Å². The molecule has 1 aliphatic rings. The van der Waals surface area contributed by atoms with Gasteiger partial charge >= 0.3 is 0 Å². The molecule has 2 rings (SSSR count). The van der Waals surface area contributed by atoms with Crippen molar-refractivity contribution in [2.24, 2.45) is 5.92 Å².